The van der Waals surface area contributed by atoms with Gasteiger partial charge in [-0.2, -0.15) is 0 Å². The SMILES string of the molecule is CC(C)(C)c1cc(-c2nccc3c2-c2ccccc2-c2ccccc2-c2ccccc2-3)[c-]c(-c2cccc3c2nc(-c2cc(C(C)(C)C)cc(C(C)(C)C)c2O)n3-c2ccc(C(C)(C)C)cc2-c2ccccc2)c1.[Pt]. The summed E-state index contributed by atoms with van der Waals surface area (Å²) in [6.07, 6.45) is 1.96. The second-order valence-corrected chi connectivity index (χ2v) is 24.4. The Labute approximate surface area is 458 Å². The molecule has 1 aliphatic rings. The maximum Gasteiger partial charge on any atom is 0.148 e. The molecule has 5 heteroatoms. The van der Waals surface area contributed by atoms with Crippen LogP contribution in [0.15, 0.2) is 176 Å². The van der Waals surface area contributed by atoms with Crippen molar-refractivity contribution in [3.05, 3.63) is 204 Å². The predicted molar refractivity (Wildman–Crippen MR) is 311 cm³/mol. The third kappa shape index (κ3) is 9.20. The Morgan fingerprint density at radius 3 is 1.52 bits per heavy atom. The van der Waals surface area contributed by atoms with Gasteiger partial charge in [-0.3, -0.25) is 9.55 Å². The van der Waals surface area contributed by atoms with Crippen LogP contribution in [-0.4, -0.2) is 19.6 Å². The van der Waals surface area contributed by atoms with Gasteiger partial charge in [-0.05, 0) is 113 Å². The minimum absolute atomic E-state index is 0. The summed E-state index contributed by atoms with van der Waals surface area (Å²) in [6, 6.07) is 65.5. The second kappa shape index (κ2) is 18.9. The number of hydrogen-bond donors (Lipinski definition) is 1. The van der Waals surface area contributed by atoms with Gasteiger partial charge in [0.25, 0.3) is 0 Å². The molecule has 1 aliphatic carbocycles. The molecular weight excluding hydrogens is 1090 g/mol. The summed E-state index contributed by atoms with van der Waals surface area (Å²) < 4.78 is 2.30. The van der Waals surface area contributed by atoms with Crippen LogP contribution in [0.4, 0.5) is 0 Å². The molecule has 0 saturated carbocycles. The first kappa shape index (κ1) is 51.4. The first-order chi connectivity index (χ1) is 35.2. The zero-order valence-corrected chi connectivity index (χ0v) is 47.6. The van der Waals surface area contributed by atoms with Crippen LogP contribution in [0.5, 0.6) is 5.75 Å². The molecule has 75 heavy (non-hydrogen) atoms. The molecule has 8 aromatic carbocycles. The van der Waals surface area contributed by atoms with E-state index in [1.54, 1.807) is 0 Å². The molecule has 0 bridgehead atoms. The number of phenolic OH excluding ortho intramolecular Hbond substituents is 1. The molecule has 11 rings (SSSR count). The number of fused-ring (bicyclic) bond motifs is 9. The zero-order valence-electron chi connectivity index (χ0n) is 45.3. The summed E-state index contributed by atoms with van der Waals surface area (Å²) in [4.78, 5) is 11.1. The van der Waals surface area contributed by atoms with E-state index < -0.39 is 0 Å². The molecule has 4 nitrogen and oxygen atoms in total. The van der Waals surface area contributed by atoms with E-state index in [0.717, 1.165) is 83.6 Å². The van der Waals surface area contributed by atoms with Crippen LogP contribution in [0, 0.1) is 6.07 Å². The molecule has 0 radical (unpaired) electrons. The molecule has 0 atom stereocenters. The van der Waals surface area contributed by atoms with E-state index in [-0.39, 0.29) is 48.5 Å². The summed E-state index contributed by atoms with van der Waals surface area (Å²) in [6.45, 7) is 26.9. The number of aromatic hydroxyl groups is 1. The molecule has 378 valence electrons. The number of para-hydroxylation sites is 1. The smallest absolute Gasteiger partial charge is 0.148 e. The fraction of sp³-hybridized carbons (Fsp3) is 0.229. The van der Waals surface area contributed by atoms with Crippen LogP contribution in [0.1, 0.15) is 105 Å². The summed E-state index contributed by atoms with van der Waals surface area (Å²) in [5.74, 6) is 0.923. The maximum absolute atomic E-state index is 12.7. The summed E-state index contributed by atoms with van der Waals surface area (Å²) in [5.41, 5.74) is 22.1. The Bertz CT molecular complexity index is 3830. The fourth-order valence-corrected chi connectivity index (χ4v) is 10.9. The number of rotatable bonds is 5. The van der Waals surface area contributed by atoms with Crippen molar-refractivity contribution in [1.82, 2.24) is 14.5 Å². The van der Waals surface area contributed by atoms with Crippen molar-refractivity contribution in [2.75, 3.05) is 0 Å². The number of benzene rings is 8. The van der Waals surface area contributed by atoms with Gasteiger partial charge in [0, 0.05) is 44.1 Å². The molecule has 10 aromatic rings. The number of phenols is 1. The van der Waals surface area contributed by atoms with E-state index in [1.807, 2.05) is 6.20 Å². The van der Waals surface area contributed by atoms with Crippen LogP contribution in [-0.2, 0) is 42.7 Å². The van der Waals surface area contributed by atoms with Gasteiger partial charge in [-0.15, -0.1) is 29.3 Å². The van der Waals surface area contributed by atoms with Gasteiger partial charge in [0.1, 0.15) is 11.6 Å². The molecule has 0 spiro atoms. The Morgan fingerprint density at radius 2 is 0.933 bits per heavy atom. The molecule has 0 amide bonds. The van der Waals surface area contributed by atoms with Gasteiger partial charge in [0.15, 0.2) is 0 Å². The first-order valence-electron chi connectivity index (χ1n) is 26.1. The molecule has 0 fully saturated rings. The Morgan fingerprint density at radius 1 is 0.427 bits per heavy atom. The van der Waals surface area contributed by atoms with Crippen LogP contribution < -0.4 is 0 Å². The molecule has 1 N–H and O–H groups in total. The van der Waals surface area contributed by atoms with Crippen molar-refractivity contribution < 1.29 is 26.2 Å². The van der Waals surface area contributed by atoms with E-state index >= 15 is 0 Å². The van der Waals surface area contributed by atoms with Crippen molar-refractivity contribution in [1.29, 1.82) is 0 Å². The molecule has 0 saturated heterocycles. The van der Waals surface area contributed by atoms with Gasteiger partial charge >= 0.3 is 0 Å². The van der Waals surface area contributed by atoms with E-state index in [0.29, 0.717) is 11.4 Å². The molecule has 2 aromatic heterocycles. The first-order valence-corrected chi connectivity index (χ1v) is 26.1. The average Bonchev–Trinajstić information content (AvgIpc) is 3.77. The largest absolute Gasteiger partial charge is 0.507 e. The number of hydrogen-bond acceptors (Lipinski definition) is 3. The number of pyridine rings is 1. The third-order valence-corrected chi connectivity index (χ3v) is 15.1. The fourth-order valence-electron chi connectivity index (χ4n) is 10.9. The van der Waals surface area contributed by atoms with Gasteiger partial charge in [0.2, 0.25) is 0 Å². The molecule has 0 unspecified atom stereocenters. The van der Waals surface area contributed by atoms with E-state index in [1.165, 1.54) is 33.4 Å². The normalized spacial score (nSPS) is 12.5. The van der Waals surface area contributed by atoms with Crippen LogP contribution in [0.25, 0.3) is 106 Å². The average molecular weight is 1160 g/mol. The van der Waals surface area contributed by atoms with Crippen molar-refractivity contribution in [3.63, 3.8) is 0 Å². The van der Waals surface area contributed by atoms with E-state index in [9.17, 15) is 5.11 Å². The van der Waals surface area contributed by atoms with Crippen molar-refractivity contribution in [3.8, 4) is 101 Å². The number of imidazole rings is 1. The van der Waals surface area contributed by atoms with Crippen molar-refractivity contribution >= 4 is 11.0 Å². The third-order valence-electron chi connectivity index (χ3n) is 15.1. The maximum atomic E-state index is 12.7. The van der Waals surface area contributed by atoms with Crippen LogP contribution in [0.2, 0.25) is 0 Å². The van der Waals surface area contributed by atoms with E-state index in [2.05, 4.69) is 264 Å². The van der Waals surface area contributed by atoms with Crippen molar-refractivity contribution in [2.24, 2.45) is 0 Å². The van der Waals surface area contributed by atoms with Crippen LogP contribution in [0.3, 0.4) is 0 Å². The van der Waals surface area contributed by atoms with Gasteiger partial charge < -0.3 is 5.11 Å². The van der Waals surface area contributed by atoms with Crippen LogP contribution >= 0.6 is 0 Å². The topological polar surface area (TPSA) is 50.9 Å². The number of nitrogens with zero attached hydrogens (tertiary/aromatic N) is 3. The van der Waals surface area contributed by atoms with Gasteiger partial charge in [-0.25, -0.2) is 4.98 Å². The van der Waals surface area contributed by atoms with Gasteiger partial charge in [-0.1, -0.05) is 222 Å². The minimum Gasteiger partial charge on any atom is -0.507 e. The Balaban J connectivity index is 0.00000641. The molecule has 0 aliphatic heterocycles. The summed E-state index contributed by atoms with van der Waals surface area (Å²) >= 11 is 0. The number of aromatic nitrogens is 3. The standard InChI is InChI=1S/C70H66N3O.Pt/c1-67(2,3)46-33-34-60(57(40-46)43-23-14-13-15-24-43)73-61-32-22-31-49(64(61)72-66(73)58-41-48(69(7,8)9)42-59(65(58)74)70(10,11)12)44-37-45(39-47(38-44)68(4,5)6)63-62-55-30-21-20-28-53(55)51-26-17-16-25-50(51)52-27-18-19-29-54(52)56(62)35-36-71-63;/h13-36,38-42,74H,1-12H3;/q-1;. The van der Waals surface area contributed by atoms with E-state index in [4.69, 9.17) is 9.97 Å². The summed E-state index contributed by atoms with van der Waals surface area (Å²) in [7, 11) is 0. The zero-order chi connectivity index (χ0) is 52.1. The molecule has 2 heterocycles. The quantitative estimate of drug-likeness (QED) is 0.175. The van der Waals surface area contributed by atoms with Crippen molar-refractivity contribution in [2.45, 2.75) is 105 Å². The van der Waals surface area contributed by atoms with Gasteiger partial charge in [0.05, 0.1) is 22.3 Å². The Kier molecular flexibility index (Phi) is 12.9. The summed E-state index contributed by atoms with van der Waals surface area (Å²) in [5, 5.41) is 12.7. The second-order valence-electron chi connectivity index (χ2n) is 24.4. The Hall–Kier alpha value is -7.13. The predicted octanol–water partition coefficient (Wildman–Crippen LogP) is 18.8. The minimum atomic E-state index is -0.348. The monoisotopic (exact) mass is 1160 g/mol. The molecular formula is C70H66N3OPt-.